The van der Waals surface area contributed by atoms with Gasteiger partial charge >= 0.3 is 0 Å². The zero-order valence-electron chi connectivity index (χ0n) is 17.5. The van der Waals surface area contributed by atoms with E-state index < -0.39 is 11.4 Å². The van der Waals surface area contributed by atoms with Crippen LogP contribution in [0.4, 0.5) is 5.69 Å². The summed E-state index contributed by atoms with van der Waals surface area (Å²) in [5, 5.41) is 3.40. The Labute approximate surface area is 181 Å². The first-order chi connectivity index (χ1) is 14.6. The molecule has 0 amide bonds. The van der Waals surface area contributed by atoms with Crippen LogP contribution in [0.5, 0.6) is 5.75 Å². The predicted octanol–water partition coefficient (Wildman–Crippen LogP) is 3.44. The van der Waals surface area contributed by atoms with Crippen LogP contribution in [0.3, 0.4) is 0 Å². The highest BCUT2D eigenvalue weighted by Crippen LogP contribution is 2.23. The van der Waals surface area contributed by atoms with Crippen molar-refractivity contribution < 1.29 is 9.29 Å². The molecule has 2 atom stereocenters. The Hall–Kier alpha value is -2.32. The van der Waals surface area contributed by atoms with Crippen LogP contribution < -0.4 is 10.1 Å². The highest BCUT2D eigenvalue weighted by molar-refractivity contribution is 7.89. The Morgan fingerprint density at radius 3 is 2.60 bits per heavy atom. The standard InChI is InChI=1S/C23H28N4O2S/c1-18-9-11-19(12-10-18)24-22-7-4-8-23(25-22)26-13-15-27(16-14-26)30(28)21-6-3-5-20(17-21)29-2/h3-7,9-12,17,23H,8,13-16H2,1-2H3,(H,24,25). The third kappa shape index (κ3) is 5.05. The number of nitrogens with zero attached hydrogens (tertiary/aromatic N) is 3. The van der Waals surface area contributed by atoms with Gasteiger partial charge in [0.2, 0.25) is 0 Å². The summed E-state index contributed by atoms with van der Waals surface area (Å²) in [6, 6.07) is 15.8. The Kier molecular flexibility index (Phi) is 6.74. The molecule has 0 spiro atoms. The molecule has 158 valence electrons. The van der Waals surface area contributed by atoms with Crippen molar-refractivity contribution in [3.63, 3.8) is 0 Å². The van der Waals surface area contributed by atoms with E-state index in [0.29, 0.717) is 0 Å². The number of benzene rings is 2. The fourth-order valence-electron chi connectivity index (χ4n) is 3.67. The van der Waals surface area contributed by atoms with Gasteiger partial charge in [0.1, 0.15) is 17.8 Å². The van der Waals surface area contributed by atoms with E-state index in [1.807, 2.05) is 34.6 Å². The molecular weight excluding hydrogens is 396 g/mol. The molecule has 2 aromatic carbocycles. The summed E-state index contributed by atoms with van der Waals surface area (Å²) in [6.07, 6.45) is 5.24. The molecule has 2 aromatic rings. The molecule has 7 heteroatoms. The zero-order chi connectivity index (χ0) is 20.9. The second-order valence-corrected chi connectivity index (χ2v) is 9.00. The molecule has 30 heavy (non-hydrogen) atoms. The molecule has 0 aliphatic carbocycles. The van der Waals surface area contributed by atoms with Crippen LogP contribution in [-0.2, 0) is 11.4 Å². The Morgan fingerprint density at radius 2 is 1.87 bits per heavy atom. The minimum atomic E-state index is -1.17. The lowest BCUT2D eigenvalue weighted by atomic mass is 10.2. The van der Waals surface area contributed by atoms with Gasteiger partial charge < -0.3 is 14.6 Å². The SMILES string of the molecule is COc1cccc([S+]([O-])N2CCN(C3CC=CC(Nc4ccc(C)cc4)=N3)CC2)c1. The smallest absolute Gasteiger partial charge is 0.177 e. The number of piperazine rings is 1. The normalized spacial score (nSPS) is 21.2. The molecule has 2 aliphatic rings. The van der Waals surface area contributed by atoms with Crippen molar-refractivity contribution in [2.75, 3.05) is 38.6 Å². The van der Waals surface area contributed by atoms with Gasteiger partial charge in [0.05, 0.1) is 31.6 Å². The highest BCUT2D eigenvalue weighted by Gasteiger charge is 2.31. The maximum absolute atomic E-state index is 12.9. The number of amidine groups is 1. The van der Waals surface area contributed by atoms with E-state index in [4.69, 9.17) is 9.73 Å². The van der Waals surface area contributed by atoms with E-state index in [-0.39, 0.29) is 6.17 Å². The van der Waals surface area contributed by atoms with Gasteiger partial charge in [-0.05, 0) is 37.3 Å². The van der Waals surface area contributed by atoms with Gasteiger partial charge in [0.25, 0.3) is 0 Å². The number of anilines is 1. The molecule has 2 heterocycles. The van der Waals surface area contributed by atoms with E-state index in [1.54, 1.807) is 7.11 Å². The van der Waals surface area contributed by atoms with Crippen molar-refractivity contribution in [3.8, 4) is 5.75 Å². The first-order valence-corrected chi connectivity index (χ1v) is 11.4. The molecule has 6 nitrogen and oxygen atoms in total. The summed E-state index contributed by atoms with van der Waals surface area (Å²) in [5.41, 5.74) is 2.28. The number of aliphatic imine (C=N–C) groups is 1. The number of methoxy groups -OCH3 is 1. The van der Waals surface area contributed by atoms with Crippen molar-refractivity contribution in [2.45, 2.75) is 24.4 Å². The molecule has 2 aliphatic heterocycles. The Bertz CT molecular complexity index is 908. The zero-order valence-corrected chi connectivity index (χ0v) is 18.3. The first kappa shape index (κ1) is 20.9. The van der Waals surface area contributed by atoms with Gasteiger partial charge in [-0.25, -0.2) is 4.99 Å². The van der Waals surface area contributed by atoms with E-state index >= 15 is 0 Å². The monoisotopic (exact) mass is 424 g/mol. The number of hydrogen-bond donors (Lipinski definition) is 1. The Morgan fingerprint density at radius 1 is 1.10 bits per heavy atom. The summed E-state index contributed by atoms with van der Waals surface area (Å²) >= 11 is -1.17. The van der Waals surface area contributed by atoms with Crippen LogP contribution in [0.15, 0.2) is 70.6 Å². The van der Waals surface area contributed by atoms with E-state index in [2.05, 4.69) is 47.5 Å². The number of nitrogens with one attached hydrogen (secondary N) is 1. The lowest BCUT2D eigenvalue weighted by Crippen LogP contribution is -2.51. The quantitative estimate of drug-likeness (QED) is 0.745. The van der Waals surface area contributed by atoms with Gasteiger partial charge in [0, 0.05) is 31.3 Å². The molecule has 0 radical (unpaired) electrons. The molecule has 0 aromatic heterocycles. The van der Waals surface area contributed by atoms with Gasteiger partial charge in [-0.1, -0.05) is 29.8 Å². The summed E-state index contributed by atoms with van der Waals surface area (Å²) < 4.78 is 20.2. The van der Waals surface area contributed by atoms with Crippen molar-refractivity contribution >= 4 is 22.9 Å². The second kappa shape index (κ2) is 9.66. The summed E-state index contributed by atoms with van der Waals surface area (Å²) in [7, 11) is 1.63. The van der Waals surface area contributed by atoms with Gasteiger partial charge in [0.15, 0.2) is 4.90 Å². The van der Waals surface area contributed by atoms with Crippen molar-refractivity contribution in [3.05, 3.63) is 66.2 Å². The average Bonchev–Trinajstić information content (AvgIpc) is 2.80. The van der Waals surface area contributed by atoms with Crippen LogP contribution in [0, 0.1) is 6.92 Å². The molecule has 1 N–H and O–H groups in total. The van der Waals surface area contributed by atoms with Crippen LogP contribution in [0.25, 0.3) is 0 Å². The number of hydrogen-bond acceptors (Lipinski definition) is 6. The van der Waals surface area contributed by atoms with Gasteiger partial charge in [-0.3, -0.25) is 4.90 Å². The van der Waals surface area contributed by atoms with Crippen LogP contribution in [0.1, 0.15) is 12.0 Å². The molecular formula is C23H28N4O2S. The first-order valence-electron chi connectivity index (χ1n) is 10.3. The molecule has 0 saturated carbocycles. The number of ether oxygens (including phenoxy) is 1. The molecule has 1 fully saturated rings. The Balaban J connectivity index is 1.34. The summed E-state index contributed by atoms with van der Waals surface area (Å²) in [6.45, 7) is 5.27. The topological polar surface area (TPSA) is 63.2 Å². The van der Waals surface area contributed by atoms with Gasteiger partial charge in [-0.15, -0.1) is 4.31 Å². The van der Waals surface area contributed by atoms with E-state index in [9.17, 15) is 4.55 Å². The third-order valence-electron chi connectivity index (χ3n) is 5.41. The third-order valence-corrected chi connectivity index (χ3v) is 6.90. The molecule has 4 rings (SSSR count). The molecule has 2 unspecified atom stereocenters. The van der Waals surface area contributed by atoms with Crippen LogP contribution in [0.2, 0.25) is 0 Å². The number of aryl methyl sites for hydroxylation is 1. The largest absolute Gasteiger partial charge is 0.593 e. The van der Waals surface area contributed by atoms with E-state index in [1.165, 1.54) is 5.56 Å². The van der Waals surface area contributed by atoms with E-state index in [0.717, 1.165) is 54.8 Å². The van der Waals surface area contributed by atoms with Crippen molar-refractivity contribution in [1.82, 2.24) is 9.21 Å². The fraction of sp³-hybridized carbons (Fsp3) is 0.348. The number of rotatable bonds is 5. The molecule has 0 bridgehead atoms. The average molecular weight is 425 g/mol. The summed E-state index contributed by atoms with van der Waals surface area (Å²) in [4.78, 5) is 8.07. The second-order valence-electron chi connectivity index (χ2n) is 7.52. The predicted molar refractivity (Wildman–Crippen MR) is 122 cm³/mol. The van der Waals surface area contributed by atoms with Crippen LogP contribution >= 0.6 is 0 Å². The highest BCUT2D eigenvalue weighted by atomic mass is 32.2. The van der Waals surface area contributed by atoms with Gasteiger partial charge in [-0.2, -0.15) is 0 Å². The van der Waals surface area contributed by atoms with Crippen molar-refractivity contribution in [1.29, 1.82) is 0 Å². The minimum absolute atomic E-state index is 0.121. The van der Waals surface area contributed by atoms with Crippen molar-refractivity contribution in [2.24, 2.45) is 4.99 Å². The lowest BCUT2D eigenvalue weighted by molar-refractivity contribution is 0.141. The maximum atomic E-state index is 12.9. The maximum Gasteiger partial charge on any atom is 0.177 e. The lowest BCUT2D eigenvalue weighted by Gasteiger charge is -2.37. The minimum Gasteiger partial charge on any atom is -0.593 e. The molecule has 1 saturated heterocycles. The summed E-state index contributed by atoms with van der Waals surface area (Å²) in [5.74, 6) is 1.62. The number of dihydropyridines is 1. The van der Waals surface area contributed by atoms with Crippen LogP contribution in [-0.4, -0.2) is 59.0 Å². The fourth-order valence-corrected chi connectivity index (χ4v) is 4.88.